The number of benzene rings is 1. The molecule has 1 saturated heterocycles. The van der Waals surface area contributed by atoms with Crippen LogP contribution < -0.4 is 10.1 Å². The first-order valence-electron chi connectivity index (χ1n) is 8.39. The van der Waals surface area contributed by atoms with Crippen molar-refractivity contribution >= 4 is 0 Å². The van der Waals surface area contributed by atoms with E-state index in [9.17, 15) is 0 Å². The van der Waals surface area contributed by atoms with Crippen LogP contribution in [0.4, 0.5) is 0 Å². The lowest BCUT2D eigenvalue weighted by Gasteiger charge is -2.39. The first-order chi connectivity index (χ1) is 10.3. The zero-order chi connectivity index (χ0) is 14.1. The van der Waals surface area contributed by atoms with Crippen molar-refractivity contribution in [3.8, 4) is 5.75 Å². The molecule has 0 amide bonds. The van der Waals surface area contributed by atoms with E-state index in [0.717, 1.165) is 44.4 Å². The van der Waals surface area contributed by atoms with Gasteiger partial charge in [0.1, 0.15) is 11.9 Å². The molecule has 3 aliphatic rings. The maximum atomic E-state index is 6.17. The summed E-state index contributed by atoms with van der Waals surface area (Å²) < 4.78 is 12.0. The van der Waals surface area contributed by atoms with Crippen molar-refractivity contribution < 1.29 is 9.47 Å². The van der Waals surface area contributed by atoms with Gasteiger partial charge in [0.05, 0.1) is 6.61 Å². The number of para-hydroxylation sites is 1. The van der Waals surface area contributed by atoms with E-state index in [1.165, 1.54) is 31.2 Å². The van der Waals surface area contributed by atoms with Crippen LogP contribution in [0.25, 0.3) is 0 Å². The van der Waals surface area contributed by atoms with Crippen LogP contribution in [0.1, 0.15) is 37.7 Å². The quantitative estimate of drug-likeness (QED) is 0.903. The zero-order valence-electron chi connectivity index (χ0n) is 12.6. The Hall–Kier alpha value is -1.06. The van der Waals surface area contributed by atoms with Crippen molar-refractivity contribution in [1.82, 2.24) is 5.32 Å². The van der Waals surface area contributed by atoms with Crippen molar-refractivity contribution in [3.05, 3.63) is 29.8 Å². The molecular weight excluding hydrogens is 262 g/mol. The number of hydrogen-bond acceptors (Lipinski definition) is 3. The Morgan fingerprint density at radius 2 is 2.14 bits per heavy atom. The lowest BCUT2D eigenvalue weighted by molar-refractivity contribution is -0.0281. The molecule has 2 unspecified atom stereocenters. The SMILES string of the molecule is c1ccc2c(c1)CC(CC1(CNC3CC3)CCCOC1)O2. The van der Waals surface area contributed by atoms with Crippen LogP contribution in [0.5, 0.6) is 5.75 Å². The van der Waals surface area contributed by atoms with Gasteiger partial charge in [0.15, 0.2) is 0 Å². The molecule has 0 spiro atoms. The second kappa shape index (κ2) is 5.62. The summed E-state index contributed by atoms with van der Waals surface area (Å²) in [7, 11) is 0. The normalized spacial score (nSPS) is 31.7. The molecule has 0 bridgehead atoms. The van der Waals surface area contributed by atoms with Crippen LogP contribution in [0.2, 0.25) is 0 Å². The van der Waals surface area contributed by atoms with E-state index in [2.05, 4.69) is 29.6 Å². The monoisotopic (exact) mass is 287 g/mol. The van der Waals surface area contributed by atoms with Gasteiger partial charge in [0.25, 0.3) is 0 Å². The van der Waals surface area contributed by atoms with Crippen molar-refractivity contribution in [2.24, 2.45) is 5.41 Å². The fourth-order valence-corrected chi connectivity index (χ4v) is 3.78. The van der Waals surface area contributed by atoms with Gasteiger partial charge < -0.3 is 14.8 Å². The van der Waals surface area contributed by atoms with E-state index >= 15 is 0 Å². The Bertz CT molecular complexity index is 467. The van der Waals surface area contributed by atoms with Gasteiger partial charge in [-0.25, -0.2) is 0 Å². The topological polar surface area (TPSA) is 30.5 Å². The molecule has 0 radical (unpaired) electrons. The van der Waals surface area contributed by atoms with Gasteiger partial charge in [-0.1, -0.05) is 18.2 Å². The summed E-state index contributed by atoms with van der Waals surface area (Å²) in [6.45, 7) is 2.91. The number of fused-ring (bicyclic) bond motifs is 1. The molecule has 2 aliphatic heterocycles. The number of ether oxygens (including phenoxy) is 2. The molecule has 1 saturated carbocycles. The molecule has 2 heterocycles. The third-order valence-electron chi connectivity index (χ3n) is 5.12. The fourth-order valence-electron chi connectivity index (χ4n) is 3.78. The molecule has 114 valence electrons. The Morgan fingerprint density at radius 1 is 1.24 bits per heavy atom. The Labute approximate surface area is 127 Å². The second-order valence-electron chi connectivity index (χ2n) is 7.07. The van der Waals surface area contributed by atoms with Crippen LogP contribution in [0, 0.1) is 5.41 Å². The molecule has 1 aromatic carbocycles. The Balaban J connectivity index is 1.42. The van der Waals surface area contributed by atoms with Gasteiger partial charge in [-0.3, -0.25) is 0 Å². The predicted molar refractivity (Wildman–Crippen MR) is 82.7 cm³/mol. The van der Waals surface area contributed by atoms with Crippen LogP contribution in [-0.2, 0) is 11.2 Å². The van der Waals surface area contributed by atoms with Crippen molar-refractivity contribution in [1.29, 1.82) is 0 Å². The highest BCUT2D eigenvalue weighted by molar-refractivity contribution is 5.37. The molecular formula is C18H25NO2. The van der Waals surface area contributed by atoms with Gasteiger partial charge in [-0.05, 0) is 43.7 Å². The third kappa shape index (κ3) is 3.09. The molecule has 1 N–H and O–H groups in total. The summed E-state index contributed by atoms with van der Waals surface area (Å²) in [5, 5.41) is 3.73. The smallest absolute Gasteiger partial charge is 0.123 e. The molecule has 1 aliphatic carbocycles. The number of rotatable bonds is 5. The number of hydrogen-bond donors (Lipinski definition) is 1. The maximum absolute atomic E-state index is 6.17. The Morgan fingerprint density at radius 3 is 2.90 bits per heavy atom. The van der Waals surface area contributed by atoms with Gasteiger partial charge >= 0.3 is 0 Å². The van der Waals surface area contributed by atoms with E-state index in [1.807, 2.05) is 0 Å². The largest absolute Gasteiger partial charge is 0.490 e. The minimum Gasteiger partial charge on any atom is -0.490 e. The Kier molecular flexibility index (Phi) is 3.64. The molecule has 1 aromatic rings. The maximum Gasteiger partial charge on any atom is 0.123 e. The van der Waals surface area contributed by atoms with Crippen LogP contribution >= 0.6 is 0 Å². The highest BCUT2D eigenvalue weighted by atomic mass is 16.5. The second-order valence-corrected chi connectivity index (χ2v) is 7.07. The van der Waals surface area contributed by atoms with Gasteiger partial charge in [0.2, 0.25) is 0 Å². The lowest BCUT2D eigenvalue weighted by Crippen LogP contribution is -2.44. The molecule has 21 heavy (non-hydrogen) atoms. The summed E-state index contributed by atoms with van der Waals surface area (Å²) >= 11 is 0. The zero-order valence-corrected chi connectivity index (χ0v) is 12.6. The first kappa shape index (κ1) is 13.6. The van der Waals surface area contributed by atoms with Crippen molar-refractivity contribution in [2.75, 3.05) is 19.8 Å². The van der Waals surface area contributed by atoms with Gasteiger partial charge in [0, 0.05) is 31.0 Å². The standard InChI is InChI=1S/C18H25NO2/c1-2-5-17-14(4-1)10-16(21-17)11-18(8-3-9-20-13-18)12-19-15-6-7-15/h1-2,4-5,15-16,19H,3,6-13H2. The summed E-state index contributed by atoms with van der Waals surface area (Å²) in [6, 6.07) is 9.24. The van der Waals surface area contributed by atoms with E-state index in [-0.39, 0.29) is 5.41 Å². The molecule has 4 rings (SSSR count). The van der Waals surface area contributed by atoms with Gasteiger partial charge in [-0.15, -0.1) is 0 Å². The van der Waals surface area contributed by atoms with Crippen LogP contribution in [0.3, 0.4) is 0 Å². The molecule has 0 aromatic heterocycles. The fraction of sp³-hybridized carbons (Fsp3) is 0.667. The first-order valence-corrected chi connectivity index (χ1v) is 8.39. The molecule has 3 nitrogen and oxygen atoms in total. The average molecular weight is 287 g/mol. The van der Waals surface area contributed by atoms with E-state index < -0.39 is 0 Å². The molecule has 3 heteroatoms. The lowest BCUT2D eigenvalue weighted by atomic mass is 9.77. The average Bonchev–Trinajstić information content (AvgIpc) is 3.25. The molecule has 2 fully saturated rings. The van der Waals surface area contributed by atoms with Crippen molar-refractivity contribution in [3.63, 3.8) is 0 Å². The summed E-state index contributed by atoms with van der Waals surface area (Å²) in [4.78, 5) is 0. The van der Waals surface area contributed by atoms with E-state index in [1.54, 1.807) is 0 Å². The van der Waals surface area contributed by atoms with Crippen LogP contribution in [0.15, 0.2) is 24.3 Å². The van der Waals surface area contributed by atoms with E-state index in [4.69, 9.17) is 9.47 Å². The van der Waals surface area contributed by atoms with Gasteiger partial charge in [-0.2, -0.15) is 0 Å². The van der Waals surface area contributed by atoms with Crippen molar-refractivity contribution in [2.45, 2.75) is 50.7 Å². The number of nitrogens with one attached hydrogen (secondary N) is 1. The minimum absolute atomic E-state index is 0.271. The highest BCUT2D eigenvalue weighted by Crippen LogP contribution is 2.39. The minimum atomic E-state index is 0.271. The molecule has 2 atom stereocenters. The third-order valence-corrected chi connectivity index (χ3v) is 5.12. The van der Waals surface area contributed by atoms with Crippen LogP contribution in [-0.4, -0.2) is 31.9 Å². The van der Waals surface area contributed by atoms with E-state index in [0.29, 0.717) is 6.10 Å². The summed E-state index contributed by atoms with van der Waals surface area (Å²) in [6.07, 6.45) is 7.65. The summed E-state index contributed by atoms with van der Waals surface area (Å²) in [5.41, 5.74) is 1.64. The predicted octanol–water partition coefficient (Wildman–Crippen LogP) is 2.93. The summed E-state index contributed by atoms with van der Waals surface area (Å²) in [5.74, 6) is 1.09. The highest BCUT2D eigenvalue weighted by Gasteiger charge is 2.39.